The Kier molecular flexibility index (Phi) is 11.8. The number of hydrogen-bond donors (Lipinski definition) is 11. The van der Waals surface area contributed by atoms with Gasteiger partial charge in [-0.3, -0.25) is 0 Å². The van der Waals surface area contributed by atoms with E-state index in [2.05, 4.69) is 0 Å². The molecule has 15 atom stereocenters. The highest BCUT2D eigenvalue weighted by molar-refractivity contribution is 6.07. The lowest BCUT2D eigenvalue weighted by Crippen LogP contribution is -2.65. The van der Waals surface area contributed by atoms with Gasteiger partial charge in [0, 0.05) is 6.07 Å². The van der Waals surface area contributed by atoms with Crippen molar-refractivity contribution in [2.75, 3.05) is 26.9 Å². The van der Waals surface area contributed by atoms with E-state index >= 15 is 0 Å². The summed E-state index contributed by atoms with van der Waals surface area (Å²) in [5.74, 6) is -0.142. The maximum Gasteiger partial charge on any atom is 0.347 e. The standard InChI is InChI=1S/C33H42O20/c1-10-3-11-4-12-5-13(46-2)6-14(18(12)23(39)19(11)30(45)48-10)49-32-26(42)25(41)21(37)17(52-32)9-47-31-28(44)29(22(38)16(8-35)50-31)53-33-27(43)24(40)20(36)15(7-34)51-33/h3-6,15-17,20-22,24-29,31-44H,7-9H2,1-2H3/t15-,16-,17-,20-,21-,22-,24-,25+,26-,27-,28-,29-,31+,32+,33-/m1/s1. The third kappa shape index (κ3) is 7.42. The Hall–Kier alpha value is -3.29. The Morgan fingerprint density at radius 2 is 1.25 bits per heavy atom. The van der Waals surface area contributed by atoms with Crippen LogP contribution in [0.5, 0.6) is 17.2 Å². The van der Waals surface area contributed by atoms with Crippen molar-refractivity contribution < 1.29 is 93.7 Å². The van der Waals surface area contributed by atoms with E-state index in [1.54, 1.807) is 25.1 Å². The largest absolute Gasteiger partial charge is 0.506 e. The second kappa shape index (κ2) is 15.8. The van der Waals surface area contributed by atoms with E-state index in [0.717, 1.165) is 0 Å². The molecule has 2 aromatic carbocycles. The van der Waals surface area contributed by atoms with Crippen molar-refractivity contribution in [1.82, 2.24) is 0 Å². The van der Waals surface area contributed by atoms with E-state index in [1.807, 2.05) is 0 Å². The number of phenolic OH excluding ortho intramolecular Hbond substituents is 1. The summed E-state index contributed by atoms with van der Waals surface area (Å²) in [4.78, 5) is 12.7. The minimum absolute atomic E-state index is 0.00330. The molecule has 20 heteroatoms. The quantitative estimate of drug-likeness (QED) is 0.0873. The van der Waals surface area contributed by atoms with Crippen LogP contribution >= 0.6 is 0 Å². The van der Waals surface area contributed by atoms with Crippen molar-refractivity contribution in [3.8, 4) is 17.2 Å². The number of aliphatic hydroxyl groups is 10. The average molecular weight is 759 g/mol. The van der Waals surface area contributed by atoms with E-state index in [4.69, 9.17) is 37.6 Å². The van der Waals surface area contributed by atoms with Gasteiger partial charge in [-0.25, -0.2) is 4.79 Å². The molecule has 1 aromatic heterocycles. The second-order valence-corrected chi connectivity index (χ2v) is 13.0. The van der Waals surface area contributed by atoms with Crippen molar-refractivity contribution in [1.29, 1.82) is 0 Å². The smallest absolute Gasteiger partial charge is 0.347 e. The summed E-state index contributed by atoms with van der Waals surface area (Å²) in [6.07, 6.45) is -26.1. The molecule has 3 aromatic rings. The lowest BCUT2D eigenvalue weighted by atomic mass is 9.97. The number of benzene rings is 2. The van der Waals surface area contributed by atoms with Crippen molar-refractivity contribution in [3.05, 3.63) is 40.4 Å². The Balaban J connectivity index is 1.22. The Morgan fingerprint density at radius 1 is 0.660 bits per heavy atom. The Morgan fingerprint density at radius 3 is 1.91 bits per heavy atom. The number of rotatable bonds is 10. The molecule has 4 heterocycles. The topological polar surface area (TPSA) is 317 Å². The predicted octanol–water partition coefficient (Wildman–Crippen LogP) is -4.20. The first-order chi connectivity index (χ1) is 25.2. The van der Waals surface area contributed by atoms with Gasteiger partial charge in [0.25, 0.3) is 0 Å². The zero-order valence-electron chi connectivity index (χ0n) is 28.2. The summed E-state index contributed by atoms with van der Waals surface area (Å²) in [5, 5.41) is 116. The minimum Gasteiger partial charge on any atom is -0.506 e. The molecule has 11 N–H and O–H groups in total. The van der Waals surface area contributed by atoms with E-state index in [1.165, 1.54) is 13.2 Å². The van der Waals surface area contributed by atoms with Gasteiger partial charge in [0.2, 0.25) is 6.29 Å². The highest BCUT2D eigenvalue weighted by Crippen LogP contribution is 2.42. The second-order valence-electron chi connectivity index (χ2n) is 13.0. The summed E-state index contributed by atoms with van der Waals surface area (Å²) < 4.78 is 44.2. The Bertz CT molecular complexity index is 1800. The molecule has 0 amide bonds. The molecule has 0 bridgehead atoms. The van der Waals surface area contributed by atoms with Gasteiger partial charge in [-0.1, -0.05) is 0 Å². The number of methoxy groups -OCH3 is 1. The van der Waals surface area contributed by atoms with Crippen LogP contribution in [0.25, 0.3) is 21.5 Å². The molecule has 6 rings (SSSR count). The molecule has 3 aliphatic heterocycles. The van der Waals surface area contributed by atoms with Crippen LogP contribution in [0.2, 0.25) is 0 Å². The van der Waals surface area contributed by atoms with Gasteiger partial charge >= 0.3 is 5.63 Å². The molecule has 0 spiro atoms. The number of aliphatic hydroxyl groups excluding tert-OH is 10. The summed E-state index contributed by atoms with van der Waals surface area (Å²) in [5.41, 5.74) is -0.824. The van der Waals surface area contributed by atoms with Crippen molar-refractivity contribution in [2.45, 2.75) is 99.0 Å². The number of phenols is 1. The van der Waals surface area contributed by atoms with Crippen LogP contribution in [0.3, 0.4) is 0 Å². The van der Waals surface area contributed by atoms with Gasteiger partial charge in [0.1, 0.15) is 102 Å². The van der Waals surface area contributed by atoms with Gasteiger partial charge in [0.15, 0.2) is 12.6 Å². The van der Waals surface area contributed by atoms with Crippen LogP contribution in [0.4, 0.5) is 0 Å². The molecule has 0 unspecified atom stereocenters. The van der Waals surface area contributed by atoms with Crippen molar-refractivity contribution in [2.24, 2.45) is 0 Å². The van der Waals surface area contributed by atoms with Gasteiger partial charge in [-0.05, 0) is 35.9 Å². The highest BCUT2D eigenvalue weighted by atomic mass is 16.7. The molecule has 0 saturated carbocycles. The lowest BCUT2D eigenvalue weighted by molar-refractivity contribution is -0.364. The summed E-state index contributed by atoms with van der Waals surface area (Å²) in [6.45, 7) is -0.741. The monoisotopic (exact) mass is 758 g/mol. The van der Waals surface area contributed by atoms with Crippen LogP contribution < -0.4 is 15.1 Å². The van der Waals surface area contributed by atoms with E-state index in [-0.39, 0.29) is 22.3 Å². The average Bonchev–Trinajstić information content (AvgIpc) is 3.12. The molecule has 3 aliphatic rings. The van der Waals surface area contributed by atoms with Crippen LogP contribution in [-0.4, -0.2) is 175 Å². The zero-order valence-corrected chi connectivity index (χ0v) is 28.2. The van der Waals surface area contributed by atoms with Crippen LogP contribution in [0.1, 0.15) is 5.76 Å². The number of ether oxygens (including phenoxy) is 7. The first-order valence-corrected chi connectivity index (χ1v) is 16.5. The Labute approximate surface area is 299 Å². The SMILES string of the molecule is COc1cc(O[C@H]2O[C@H](CO[C@H]3O[C@H](CO)[C@@H](O)[C@@H](O[C@H]4O[C@H](CO)[C@@H](O)[C@@H](O)[C@H]4O)[C@H]3O)[C@@H](O)[C@H](O)[C@H]2O)c2c(O)c3c(=O)oc(C)cc3cc2c1. The number of hydrogen-bond acceptors (Lipinski definition) is 20. The number of fused-ring (bicyclic) bond motifs is 2. The highest BCUT2D eigenvalue weighted by Gasteiger charge is 2.52. The molecule has 53 heavy (non-hydrogen) atoms. The minimum atomic E-state index is -1.91. The third-order valence-corrected chi connectivity index (χ3v) is 9.53. The van der Waals surface area contributed by atoms with Gasteiger partial charge < -0.3 is 93.7 Å². The zero-order chi connectivity index (χ0) is 38.5. The summed E-state index contributed by atoms with van der Waals surface area (Å²) in [7, 11) is 1.37. The van der Waals surface area contributed by atoms with Crippen molar-refractivity contribution >= 4 is 21.5 Å². The predicted molar refractivity (Wildman–Crippen MR) is 173 cm³/mol. The maximum absolute atomic E-state index is 12.7. The van der Waals surface area contributed by atoms with Crippen molar-refractivity contribution in [3.63, 3.8) is 0 Å². The normalized spacial score (nSPS) is 37.9. The molecular weight excluding hydrogens is 716 g/mol. The molecule has 20 nitrogen and oxygen atoms in total. The van der Waals surface area contributed by atoms with E-state index < -0.39 is 123 Å². The fourth-order valence-corrected chi connectivity index (χ4v) is 6.62. The van der Waals surface area contributed by atoms with Crippen LogP contribution in [0.15, 0.2) is 33.5 Å². The number of aryl methyl sites for hydroxylation is 1. The number of aromatic hydroxyl groups is 1. The maximum atomic E-state index is 12.7. The van der Waals surface area contributed by atoms with Crippen LogP contribution in [0, 0.1) is 6.92 Å². The molecule has 3 fully saturated rings. The molecule has 0 aliphatic carbocycles. The van der Waals surface area contributed by atoms with E-state index in [0.29, 0.717) is 16.5 Å². The van der Waals surface area contributed by atoms with Crippen LogP contribution in [-0.2, 0) is 23.7 Å². The third-order valence-electron chi connectivity index (χ3n) is 9.53. The summed E-state index contributed by atoms with van der Waals surface area (Å²) >= 11 is 0. The fourth-order valence-electron chi connectivity index (χ4n) is 6.62. The van der Waals surface area contributed by atoms with E-state index in [9.17, 15) is 61.0 Å². The van der Waals surface area contributed by atoms with Gasteiger partial charge in [0.05, 0.1) is 32.3 Å². The molecule has 294 valence electrons. The molecule has 0 radical (unpaired) electrons. The molecule has 3 saturated heterocycles. The summed E-state index contributed by atoms with van der Waals surface area (Å²) in [6, 6.07) is 6.01. The van der Waals surface area contributed by atoms with Gasteiger partial charge in [-0.15, -0.1) is 0 Å². The molecular formula is C33H42O20. The first kappa shape index (κ1) is 39.4. The fraction of sp³-hybridized carbons (Fsp3) is 0.606. The lowest BCUT2D eigenvalue weighted by Gasteiger charge is -2.46. The van der Waals surface area contributed by atoms with Gasteiger partial charge in [-0.2, -0.15) is 0 Å². The first-order valence-electron chi connectivity index (χ1n) is 16.5.